The summed E-state index contributed by atoms with van der Waals surface area (Å²) in [6, 6.07) is 3.33. The Morgan fingerprint density at radius 2 is 2.14 bits per heavy atom. The van der Waals surface area contributed by atoms with Gasteiger partial charge >= 0.3 is 5.97 Å². The molecule has 8 heteroatoms. The van der Waals surface area contributed by atoms with E-state index in [4.69, 9.17) is 4.74 Å². The number of esters is 1. The van der Waals surface area contributed by atoms with Crippen LogP contribution < -0.4 is 5.32 Å². The van der Waals surface area contributed by atoms with Gasteiger partial charge in [-0.25, -0.2) is 13.8 Å². The zero-order chi connectivity index (χ0) is 16.1. The van der Waals surface area contributed by atoms with Crippen molar-refractivity contribution < 1.29 is 23.1 Å². The molecule has 0 spiro atoms. The minimum Gasteiger partial charge on any atom is -0.466 e. The van der Waals surface area contributed by atoms with Crippen LogP contribution in [0.2, 0.25) is 0 Å². The van der Waals surface area contributed by atoms with Crippen molar-refractivity contribution in [2.24, 2.45) is 0 Å². The number of halogens is 2. The summed E-state index contributed by atoms with van der Waals surface area (Å²) in [5.74, 6) is -3.56. The Morgan fingerprint density at radius 3 is 2.86 bits per heavy atom. The third-order valence-electron chi connectivity index (χ3n) is 2.60. The Labute approximate surface area is 128 Å². The Morgan fingerprint density at radius 1 is 1.36 bits per heavy atom. The van der Waals surface area contributed by atoms with Crippen molar-refractivity contribution in [1.82, 2.24) is 4.98 Å². The van der Waals surface area contributed by atoms with Crippen LogP contribution in [0.25, 0.3) is 0 Å². The average molecular weight is 326 g/mol. The van der Waals surface area contributed by atoms with Crippen LogP contribution in [0, 0.1) is 11.6 Å². The maximum absolute atomic E-state index is 13.5. The number of ether oxygens (including phenoxy) is 1. The minimum atomic E-state index is -1.22. The molecule has 22 heavy (non-hydrogen) atoms. The zero-order valence-electron chi connectivity index (χ0n) is 11.6. The molecule has 0 saturated heterocycles. The summed E-state index contributed by atoms with van der Waals surface area (Å²) in [6.07, 6.45) is -0.0193. The highest BCUT2D eigenvalue weighted by atomic mass is 32.1. The number of benzene rings is 1. The molecule has 1 amide bonds. The van der Waals surface area contributed by atoms with Gasteiger partial charge in [0.15, 0.2) is 16.8 Å². The highest BCUT2D eigenvalue weighted by Gasteiger charge is 2.17. The number of anilines is 1. The maximum atomic E-state index is 13.5. The first-order valence-corrected chi connectivity index (χ1v) is 7.24. The fraction of sp³-hybridized carbons (Fsp3) is 0.214. The summed E-state index contributed by atoms with van der Waals surface area (Å²) in [7, 11) is 0. The van der Waals surface area contributed by atoms with Gasteiger partial charge in [-0.3, -0.25) is 14.9 Å². The first-order chi connectivity index (χ1) is 10.5. The van der Waals surface area contributed by atoms with Crippen molar-refractivity contribution in [2.45, 2.75) is 13.3 Å². The van der Waals surface area contributed by atoms with E-state index in [1.807, 2.05) is 0 Å². The number of nitrogens with zero attached hydrogens (tertiary/aromatic N) is 1. The quantitative estimate of drug-likeness (QED) is 0.858. The van der Waals surface area contributed by atoms with E-state index >= 15 is 0 Å². The molecule has 1 aromatic heterocycles. The van der Waals surface area contributed by atoms with Crippen LogP contribution in [0.15, 0.2) is 23.6 Å². The highest BCUT2D eigenvalue weighted by Crippen LogP contribution is 2.18. The fourth-order valence-electron chi connectivity index (χ4n) is 1.65. The number of thiazole rings is 1. The largest absolute Gasteiger partial charge is 0.466 e. The van der Waals surface area contributed by atoms with E-state index in [0.717, 1.165) is 17.4 Å². The van der Waals surface area contributed by atoms with E-state index in [9.17, 15) is 18.4 Å². The van der Waals surface area contributed by atoms with Gasteiger partial charge in [-0.2, -0.15) is 0 Å². The lowest BCUT2D eigenvalue weighted by Gasteiger charge is -2.03. The molecule has 5 nitrogen and oxygen atoms in total. The standard InChI is InChI=1S/C14H12F2N2O3S/c1-2-21-11(19)6-8-7-22-14(17-8)18-13(20)9-4-3-5-10(15)12(9)16/h3-5,7H,2,6H2,1H3,(H,17,18,20). The van der Waals surface area contributed by atoms with Crippen LogP contribution in [-0.2, 0) is 16.0 Å². The molecule has 0 fully saturated rings. The summed E-state index contributed by atoms with van der Waals surface area (Å²) >= 11 is 1.08. The molecule has 0 aliphatic rings. The predicted octanol–water partition coefficient (Wildman–Crippen LogP) is 2.78. The average Bonchev–Trinajstić information content (AvgIpc) is 2.89. The highest BCUT2D eigenvalue weighted by molar-refractivity contribution is 7.14. The van der Waals surface area contributed by atoms with E-state index in [-0.39, 0.29) is 18.2 Å². The van der Waals surface area contributed by atoms with Gasteiger partial charge < -0.3 is 4.74 Å². The van der Waals surface area contributed by atoms with Crippen molar-refractivity contribution in [2.75, 3.05) is 11.9 Å². The summed E-state index contributed by atoms with van der Waals surface area (Å²) < 4.78 is 31.4. The molecule has 1 heterocycles. The molecule has 0 aliphatic carbocycles. The molecule has 0 radical (unpaired) electrons. The van der Waals surface area contributed by atoms with Gasteiger partial charge in [0.25, 0.3) is 5.91 Å². The van der Waals surface area contributed by atoms with E-state index in [0.29, 0.717) is 5.69 Å². The van der Waals surface area contributed by atoms with E-state index in [1.165, 1.54) is 12.1 Å². The molecule has 0 unspecified atom stereocenters. The lowest BCUT2D eigenvalue weighted by Crippen LogP contribution is -2.14. The Hall–Kier alpha value is -2.35. The summed E-state index contributed by atoms with van der Waals surface area (Å²) in [4.78, 5) is 27.2. The number of hydrogen-bond acceptors (Lipinski definition) is 5. The number of carbonyl (C=O) groups is 2. The second-order valence-corrected chi connectivity index (χ2v) is 5.04. The smallest absolute Gasteiger partial charge is 0.311 e. The number of rotatable bonds is 5. The van der Waals surface area contributed by atoms with Crippen molar-refractivity contribution >= 4 is 28.3 Å². The van der Waals surface area contributed by atoms with Gasteiger partial charge in [0.1, 0.15) is 0 Å². The SMILES string of the molecule is CCOC(=O)Cc1csc(NC(=O)c2cccc(F)c2F)n1. The predicted molar refractivity (Wildman–Crippen MR) is 76.8 cm³/mol. The summed E-state index contributed by atoms with van der Waals surface area (Å²) in [5, 5.41) is 4.13. The number of aromatic nitrogens is 1. The molecule has 116 valence electrons. The molecule has 0 bridgehead atoms. The first kappa shape index (κ1) is 16.0. The Balaban J connectivity index is 2.05. The van der Waals surface area contributed by atoms with E-state index in [1.54, 1.807) is 12.3 Å². The molecule has 0 atom stereocenters. The number of hydrogen-bond donors (Lipinski definition) is 1. The van der Waals surface area contributed by atoms with Crippen LogP contribution in [0.3, 0.4) is 0 Å². The fourth-order valence-corrected chi connectivity index (χ4v) is 2.35. The molecule has 1 N–H and O–H groups in total. The molecule has 2 aromatic rings. The lowest BCUT2D eigenvalue weighted by molar-refractivity contribution is -0.142. The number of nitrogens with one attached hydrogen (secondary N) is 1. The van der Waals surface area contributed by atoms with Gasteiger partial charge in [-0.1, -0.05) is 6.07 Å². The van der Waals surface area contributed by atoms with Gasteiger partial charge in [0.2, 0.25) is 0 Å². The molecule has 1 aromatic carbocycles. The number of amides is 1. The van der Waals surface area contributed by atoms with Gasteiger partial charge in [-0.15, -0.1) is 11.3 Å². The molecule has 0 saturated carbocycles. The number of carbonyl (C=O) groups excluding carboxylic acids is 2. The van der Waals surface area contributed by atoms with Gasteiger partial charge in [-0.05, 0) is 19.1 Å². The van der Waals surface area contributed by atoms with Crippen LogP contribution in [-0.4, -0.2) is 23.5 Å². The molecule has 0 aliphatic heterocycles. The van der Waals surface area contributed by atoms with Crippen molar-refractivity contribution in [3.8, 4) is 0 Å². The second kappa shape index (κ2) is 7.08. The molecule has 2 rings (SSSR count). The van der Waals surface area contributed by atoms with Crippen molar-refractivity contribution in [3.05, 3.63) is 46.5 Å². The van der Waals surface area contributed by atoms with Crippen LogP contribution in [0.4, 0.5) is 13.9 Å². The molecular formula is C14H12F2N2O3S. The summed E-state index contributed by atoms with van der Waals surface area (Å²) in [6.45, 7) is 1.96. The summed E-state index contributed by atoms with van der Waals surface area (Å²) in [5.41, 5.74) is 0.0145. The zero-order valence-corrected chi connectivity index (χ0v) is 12.4. The third kappa shape index (κ3) is 3.85. The topological polar surface area (TPSA) is 68.3 Å². The van der Waals surface area contributed by atoms with E-state index < -0.39 is 29.1 Å². The van der Waals surface area contributed by atoms with Gasteiger partial charge in [0, 0.05) is 5.38 Å². The van der Waals surface area contributed by atoms with Crippen LogP contribution in [0.1, 0.15) is 23.0 Å². The first-order valence-electron chi connectivity index (χ1n) is 6.36. The van der Waals surface area contributed by atoms with Crippen LogP contribution >= 0.6 is 11.3 Å². The monoisotopic (exact) mass is 326 g/mol. The minimum absolute atomic E-state index is 0.0193. The maximum Gasteiger partial charge on any atom is 0.311 e. The normalized spacial score (nSPS) is 10.3. The van der Waals surface area contributed by atoms with Crippen molar-refractivity contribution in [3.63, 3.8) is 0 Å². The molecular weight excluding hydrogens is 314 g/mol. The second-order valence-electron chi connectivity index (χ2n) is 4.18. The Bertz CT molecular complexity index is 703. The van der Waals surface area contributed by atoms with Crippen molar-refractivity contribution in [1.29, 1.82) is 0 Å². The van der Waals surface area contributed by atoms with Gasteiger partial charge in [0.05, 0.1) is 24.3 Å². The lowest BCUT2D eigenvalue weighted by atomic mass is 10.2. The van der Waals surface area contributed by atoms with E-state index in [2.05, 4.69) is 10.3 Å². The van der Waals surface area contributed by atoms with Crippen LogP contribution in [0.5, 0.6) is 0 Å². The Kier molecular flexibility index (Phi) is 5.16. The third-order valence-corrected chi connectivity index (χ3v) is 3.41.